The number of aromatic nitrogens is 5. The van der Waals surface area contributed by atoms with Crippen molar-refractivity contribution in [3.63, 3.8) is 0 Å². The SMILES string of the molecule is N#CCCCn1c(Cn2c(=O)n(-c3ccncc3)c3ccncc32)cc2cc(Cl)ccc21. The summed E-state index contributed by atoms with van der Waals surface area (Å²) < 4.78 is 5.58. The maximum Gasteiger partial charge on any atom is 0.334 e. The first-order valence-corrected chi connectivity index (χ1v) is 10.7. The van der Waals surface area contributed by atoms with Crippen molar-refractivity contribution in [2.24, 2.45) is 0 Å². The summed E-state index contributed by atoms with van der Waals surface area (Å²) in [5.74, 6) is 0. The van der Waals surface area contributed by atoms with Crippen LogP contribution in [0.25, 0.3) is 27.6 Å². The van der Waals surface area contributed by atoms with Crippen LogP contribution in [-0.2, 0) is 13.1 Å². The minimum absolute atomic E-state index is 0.147. The number of nitriles is 1. The summed E-state index contributed by atoms with van der Waals surface area (Å²) in [4.78, 5) is 21.9. The van der Waals surface area contributed by atoms with E-state index in [9.17, 15) is 4.79 Å². The van der Waals surface area contributed by atoms with Crippen LogP contribution in [0.2, 0.25) is 5.02 Å². The van der Waals surface area contributed by atoms with Gasteiger partial charge in [0.25, 0.3) is 0 Å². The molecule has 0 atom stereocenters. The Morgan fingerprint density at radius 2 is 1.75 bits per heavy atom. The van der Waals surface area contributed by atoms with Crippen LogP contribution < -0.4 is 5.69 Å². The van der Waals surface area contributed by atoms with Gasteiger partial charge >= 0.3 is 5.69 Å². The Hall–Kier alpha value is -3.89. The molecule has 0 N–H and O–H groups in total. The molecule has 0 saturated carbocycles. The zero-order valence-corrected chi connectivity index (χ0v) is 17.9. The minimum atomic E-state index is -0.147. The summed E-state index contributed by atoms with van der Waals surface area (Å²) in [6.07, 6.45) is 7.94. The van der Waals surface area contributed by atoms with Crippen LogP contribution in [-0.4, -0.2) is 23.7 Å². The molecule has 158 valence electrons. The van der Waals surface area contributed by atoms with Gasteiger partial charge in [-0.05, 0) is 48.9 Å². The van der Waals surface area contributed by atoms with Crippen LogP contribution in [0.4, 0.5) is 0 Å². The summed E-state index contributed by atoms with van der Waals surface area (Å²) in [5.41, 5.74) is 4.14. The predicted molar refractivity (Wildman–Crippen MR) is 124 cm³/mol. The van der Waals surface area contributed by atoms with E-state index in [0.29, 0.717) is 24.5 Å². The van der Waals surface area contributed by atoms with Crippen LogP contribution >= 0.6 is 11.6 Å². The van der Waals surface area contributed by atoms with Gasteiger partial charge in [0.1, 0.15) is 0 Å². The Kier molecular flexibility index (Phi) is 5.21. The van der Waals surface area contributed by atoms with Crippen molar-refractivity contribution in [1.82, 2.24) is 23.7 Å². The van der Waals surface area contributed by atoms with E-state index in [4.69, 9.17) is 16.9 Å². The number of benzene rings is 1. The first kappa shape index (κ1) is 20.0. The average Bonchev–Trinajstić information content (AvgIpc) is 3.29. The maximum atomic E-state index is 13.5. The quantitative estimate of drug-likeness (QED) is 0.361. The van der Waals surface area contributed by atoms with Crippen molar-refractivity contribution in [1.29, 1.82) is 5.26 Å². The van der Waals surface area contributed by atoms with E-state index in [1.54, 1.807) is 33.9 Å². The van der Waals surface area contributed by atoms with Gasteiger partial charge in [0, 0.05) is 53.2 Å². The smallest absolute Gasteiger partial charge is 0.334 e. The van der Waals surface area contributed by atoms with Crippen molar-refractivity contribution >= 4 is 33.5 Å². The Morgan fingerprint density at radius 1 is 0.938 bits per heavy atom. The van der Waals surface area contributed by atoms with E-state index in [1.807, 2.05) is 36.4 Å². The average molecular weight is 443 g/mol. The summed E-state index contributed by atoms with van der Waals surface area (Å²) in [6.45, 7) is 1.06. The van der Waals surface area contributed by atoms with Crippen molar-refractivity contribution in [3.05, 3.63) is 88.5 Å². The molecule has 0 amide bonds. The van der Waals surface area contributed by atoms with Gasteiger partial charge < -0.3 is 4.57 Å². The highest BCUT2D eigenvalue weighted by molar-refractivity contribution is 6.31. The van der Waals surface area contributed by atoms with E-state index in [-0.39, 0.29) is 5.69 Å². The lowest BCUT2D eigenvalue weighted by atomic mass is 10.2. The normalized spacial score (nSPS) is 11.2. The van der Waals surface area contributed by atoms with Gasteiger partial charge in [0.05, 0.1) is 35.5 Å². The number of imidazole rings is 1. The van der Waals surface area contributed by atoms with E-state index in [2.05, 4.69) is 26.7 Å². The number of halogens is 1. The highest BCUT2D eigenvalue weighted by Gasteiger charge is 2.17. The molecule has 4 heterocycles. The van der Waals surface area contributed by atoms with Gasteiger partial charge in [0.2, 0.25) is 0 Å². The van der Waals surface area contributed by atoms with E-state index in [0.717, 1.165) is 39.7 Å². The second-order valence-corrected chi connectivity index (χ2v) is 7.96. The monoisotopic (exact) mass is 442 g/mol. The molecule has 7 nitrogen and oxygen atoms in total. The summed E-state index contributed by atoms with van der Waals surface area (Å²) in [6, 6.07) is 15.5. The number of hydrogen-bond acceptors (Lipinski definition) is 4. The number of hydrogen-bond donors (Lipinski definition) is 0. The fourth-order valence-corrected chi connectivity index (χ4v) is 4.35. The van der Waals surface area contributed by atoms with Crippen LogP contribution in [0.5, 0.6) is 0 Å². The number of rotatable bonds is 6. The van der Waals surface area contributed by atoms with Crippen molar-refractivity contribution in [2.75, 3.05) is 0 Å². The van der Waals surface area contributed by atoms with E-state index < -0.39 is 0 Å². The molecule has 0 unspecified atom stereocenters. The molecule has 1 aromatic carbocycles. The molecule has 0 bridgehead atoms. The fourth-order valence-electron chi connectivity index (χ4n) is 4.17. The maximum absolute atomic E-state index is 13.5. The van der Waals surface area contributed by atoms with Gasteiger partial charge in [-0.2, -0.15) is 5.26 Å². The Morgan fingerprint density at radius 3 is 2.56 bits per heavy atom. The molecule has 0 fully saturated rings. The van der Waals surface area contributed by atoms with Crippen molar-refractivity contribution in [3.8, 4) is 11.8 Å². The van der Waals surface area contributed by atoms with Crippen molar-refractivity contribution < 1.29 is 0 Å². The number of unbranched alkanes of at least 4 members (excludes halogenated alkanes) is 1. The summed E-state index contributed by atoms with van der Waals surface area (Å²) >= 11 is 6.22. The Labute approximate surface area is 188 Å². The molecule has 8 heteroatoms. The molecule has 0 aliphatic heterocycles. The van der Waals surface area contributed by atoms with Crippen molar-refractivity contribution in [2.45, 2.75) is 25.9 Å². The number of nitrogens with zero attached hydrogens (tertiary/aromatic N) is 6. The highest BCUT2D eigenvalue weighted by atomic mass is 35.5. The van der Waals surface area contributed by atoms with Gasteiger partial charge in [-0.25, -0.2) is 4.79 Å². The third-order valence-electron chi connectivity index (χ3n) is 5.59. The molecular weight excluding hydrogens is 424 g/mol. The second kappa shape index (κ2) is 8.33. The first-order valence-electron chi connectivity index (χ1n) is 10.3. The second-order valence-electron chi connectivity index (χ2n) is 7.53. The van der Waals surface area contributed by atoms with Crippen LogP contribution in [0.3, 0.4) is 0 Å². The highest BCUT2D eigenvalue weighted by Crippen LogP contribution is 2.26. The standard InChI is InChI=1S/C24H19ClN6O/c25-18-3-4-21-17(13-18)14-20(29(21)12-2-1-8-26)16-30-23-15-28-11-7-22(23)31(24(30)32)19-5-9-27-10-6-19/h3-7,9-11,13-15H,1-2,12,16H2. The van der Waals surface area contributed by atoms with Gasteiger partial charge in [-0.1, -0.05) is 11.6 Å². The molecule has 0 aliphatic rings. The topological polar surface area (TPSA) is 81.4 Å². The van der Waals surface area contributed by atoms with Crippen LogP contribution in [0.15, 0.2) is 72.0 Å². The summed E-state index contributed by atoms with van der Waals surface area (Å²) in [5, 5.41) is 10.6. The molecule has 32 heavy (non-hydrogen) atoms. The van der Waals surface area contributed by atoms with Gasteiger partial charge in [-0.3, -0.25) is 19.1 Å². The lowest BCUT2D eigenvalue weighted by Crippen LogP contribution is -2.24. The molecule has 5 rings (SSSR count). The fraction of sp³-hybridized carbons (Fsp3) is 0.167. The predicted octanol–water partition coefficient (Wildman–Crippen LogP) is 4.54. The lowest BCUT2D eigenvalue weighted by molar-refractivity contribution is 0.621. The molecule has 0 saturated heterocycles. The molecule has 0 aliphatic carbocycles. The minimum Gasteiger partial charge on any atom is -0.343 e. The lowest BCUT2D eigenvalue weighted by Gasteiger charge is -2.11. The largest absolute Gasteiger partial charge is 0.343 e. The number of pyridine rings is 2. The Balaban J connectivity index is 1.67. The first-order chi connectivity index (χ1) is 15.7. The third-order valence-corrected chi connectivity index (χ3v) is 5.83. The van der Waals surface area contributed by atoms with Crippen LogP contribution in [0.1, 0.15) is 18.5 Å². The molecule has 0 radical (unpaired) electrons. The number of fused-ring (bicyclic) bond motifs is 2. The number of aryl methyl sites for hydroxylation is 1. The zero-order chi connectivity index (χ0) is 22.1. The molecular formula is C24H19ClN6O. The van der Waals surface area contributed by atoms with Gasteiger partial charge in [-0.15, -0.1) is 0 Å². The third kappa shape index (κ3) is 3.45. The summed E-state index contributed by atoms with van der Waals surface area (Å²) in [7, 11) is 0. The molecule has 5 aromatic rings. The molecule has 4 aromatic heterocycles. The van der Waals surface area contributed by atoms with E-state index in [1.165, 1.54) is 0 Å². The Bertz CT molecular complexity index is 1520. The van der Waals surface area contributed by atoms with Crippen LogP contribution in [0, 0.1) is 11.3 Å². The molecule has 0 spiro atoms. The van der Waals surface area contributed by atoms with Gasteiger partial charge in [0.15, 0.2) is 0 Å². The zero-order valence-electron chi connectivity index (χ0n) is 17.1. The van der Waals surface area contributed by atoms with E-state index >= 15 is 0 Å².